The molecule has 0 fully saturated rings. The first-order valence-electron chi connectivity index (χ1n) is 7.05. The number of aryl methyl sites for hydroxylation is 1. The minimum atomic E-state index is -0.814. The summed E-state index contributed by atoms with van der Waals surface area (Å²) in [5.41, 5.74) is 0.631. The molecule has 0 bridgehead atoms. The number of carbonyl (C=O) groups is 2. The molecule has 22 heavy (non-hydrogen) atoms. The maximum absolute atomic E-state index is 11.9. The second-order valence-electron chi connectivity index (χ2n) is 4.88. The largest absolute Gasteiger partial charge is 0.481 e. The number of carbonyl (C=O) groups excluding carboxylic acids is 1. The number of unbranched alkanes of at least 4 members (excludes halogenated alkanes) is 1. The van der Waals surface area contributed by atoms with E-state index in [-0.39, 0.29) is 18.7 Å². The Labute approximate surface area is 132 Å². The van der Waals surface area contributed by atoms with Gasteiger partial charge < -0.3 is 14.8 Å². The van der Waals surface area contributed by atoms with Crippen molar-refractivity contribution in [2.75, 3.05) is 6.54 Å². The van der Waals surface area contributed by atoms with Gasteiger partial charge in [-0.25, -0.2) is 4.98 Å². The van der Waals surface area contributed by atoms with Crippen molar-refractivity contribution in [2.45, 2.75) is 32.6 Å². The van der Waals surface area contributed by atoms with Crippen LogP contribution < -0.4 is 5.32 Å². The van der Waals surface area contributed by atoms with Gasteiger partial charge in [0.1, 0.15) is 5.76 Å². The summed E-state index contributed by atoms with van der Waals surface area (Å²) >= 11 is 1.53. The molecule has 2 aromatic heterocycles. The number of amides is 1. The van der Waals surface area contributed by atoms with E-state index < -0.39 is 5.97 Å². The van der Waals surface area contributed by atoms with Gasteiger partial charge in [0, 0.05) is 13.0 Å². The van der Waals surface area contributed by atoms with E-state index in [2.05, 4.69) is 10.3 Å². The summed E-state index contributed by atoms with van der Waals surface area (Å²) in [5.74, 6) is 0.233. The molecule has 2 aromatic rings. The number of rotatable bonds is 8. The van der Waals surface area contributed by atoms with E-state index in [1.54, 1.807) is 6.92 Å². The molecule has 0 spiro atoms. The Hall–Kier alpha value is -2.15. The van der Waals surface area contributed by atoms with Crippen molar-refractivity contribution < 1.29 is 19.1 Å². The summed E-state index contributed by atoms with van der Waals surface area (Å²) in [4.78, 5) is 27.5. The van der Waals surface area contributed by atoms with Gasteiger partial charge in [0.2, 0.25) is 11.8 Å². The molecule has 0 radical (unpaired) electrons. The van der Waals surface area contributed by atoms with Crippen LogP contribution >= 0.6 is 11.3 Å². The number of carboxylic acid groups (broad SMARTS) is 1. The average molecular weight is 322 g/mol. The van der Waals surface area contributed by atoms with E-state index in [4.69, 9.17) is 9.52 Å². The summed E-state index contributed by atoms with van der Waals surface area (Å²) in [7, 11) is 0. The number of thiophene rings is 1. The Morgan fingerprint density at radius 1 is 1.41 bits per heavy atom. The van der Waals surface area contributed by atoms with Gasteiger partial charge in [0.05, 0.1) is 17.0 Å². The maximum atomic E-state index is 11.9. The lowest BCUT2D eigenvalue weighted by atomic mass is 10.2. The predicted molar refractivity (Wildman–Crippen MR) is 82.8 cm³/mol. The van der Waals surface area contributed by atoms with Crippen molar-refractivity contribution in [1.29, 1.82) is 0 Å². The average Bonchev–Trinajstić information content (AvgIpc) is 3.08. The molecule has 1 amide bonds. The fraction of sp³-hybridized carbons (Fsp3) is 0.400. The monoisotopic (exact) mass is 322 g/mol. The molecular weight excluding hydrogens is 304 g/mol. The number of aromatic nitrogens is 1. The standard InChI is InChI=1S/C15H18N2O4S/c1-10-11(17-15(21-10)12-5-4-8-22-12)9-13(18)16-7-3-2-6-14(19)20/h4-5,8H,2-3,6-7,9H2,1H3,(H,16,18)(H,19,20). The smallest absolute Gasteiger partial charge is 0.303 e. The van der Waals surface area contributed by atoms with Crippen molar-refractivity contribution >= 4 is 23.2 Å². The summed E-state index contributed by atoms with van der Waals surface area (Å²) in [6.07, 6.45) is 1.50. The summed E-state index contributed by atoms with van der Waals surface area (Å²) in [6, 6.07) is 3.84. The molecule has 2 N–H and O–H groups in total. The van der Waals surface area contributed by atoms with Crippen LogP contribution in [0.4, 0.5) is 0 Å². The highest BCUT2D eigenvalue weighted by Gasteiger charge is 2.14. The molecule has 0 aromatic carbocycles. The van der Waals surface area contributed by atoms with Crippen LogP contribution in [0.15, 0.2) is 21.9 Å². The first-order valence-corrected chi connectivity index (χ1v) is 7.93. The normalized spacial score (nSPS) is 10.6. The maximum Gasteiger partial charge on any atom is 0.303 e. The van der Waals surface area contributed by atoms with E-state index in [1.807, 2.05) is 17.5 Å². The van der Waals surface area contributed by atoms with E-state index in [0.717, 1.165) is 4.88 Å². The van der Waals surface area contributed by atoms with Crippen LogP contribution in [-0.4, -0.2) is 28.5 Å². The Bertz CT molecular complexity index is 634. The molecule has 7 heteroatoms. The first-order chi connectivity index (χ1) is 10.6. The van der Waals surface area contributed by atoms with Gasteiger partial charge in [0.25, 0.3) is 0 Å². The molecule has 0 aliphatic rings. The number of nitrogens with zero attached hydrogens (tertiary/aromatic N) is 1. The first kappa shape index (κ1) is 16.2. The molecule has 0 unspecified atom stereocenters. The number of hydrogen-bond acceptors (Lipinski definition) is 5. The molecular formula is C15H18N2O4S. The molecule has 0 saturated carbocycles. The molecule has 6 nitrogen and oxygen atoms in total. The lowest BCUT2D eigenvalue weighted by Gasteiger charge is -2.03. The van der Waals surface area contributed by atoms with Gasteiger partial charge in [-0.1, -0.05) is 6.07 Å². The van der Waals surface area contributed by atoms with Gasteiger partial charge in [-0.05, 0) is 31.2 Å². The molecule has 2 heterocycles. The van der Waals surface area contributed by atoms with Gasteiger partial charge in [-0.2, -0.15) is 0 Å². The van der Waals surface area contributed by atoms with Crippen LogP contribution in [0.3, 0.4) is 0 Å². The van der Waals surface area contributed by atoms with Crippen molar-refractivity contribution in [1.82, 2.24) is 10.3 Å². The SMILES string of the molecule is Cc1oc(-c2cccs2)nc1CC(=O)NCCCCC(=O)O. The predicted octanol–water partition coefficient (Wildman–Crippen LogP) is 2.63. The quantitative estimate of drug-likeness (QED) is 0.729. The third-order valence-corrected chi connectivity index (χ3v) is 3.95. The minimum Gasteiger partial charge on any atom is -0.481 e. The van der Waals surface area contributed by atoms with Crippen LogP contribution in [0, 0.1) is 6.92 Å². The molecule has 2 rings (SSSR count). The highest BCUT2D eigenvalue weighted by atomic mass is 32.1. The second-order valence-corrected chi connectivity index (χ2v) is 5.82. The molecule has 0 atom stereocenters. The van der Waals surface area contributed by atoms with E-state index >= 15 is 0 Å². The van der Waals surface area contributed by atoms with Crippen molar-refractivity contribution in [2.24, 2.45) is 0 Å². The molecule has 118 valence electrons. The van der Waals surface area contributed by atoms with Gasteiger partial charge in [-0.15, -0.1) is 11.3 Å². The highest BCUT2D eigenvalue weighted by molar-refractivity contribution is 7.13. The van der Waals surface area contributed by atoms with Gasteiger partial charge in [-0.3, -0.25) is 9.59 Å². The van der Waals surface area contributed by atoms with E-state index in [1.165, 1.54) is 11.3 Å². The Balaban J connectivity index is 1.80. The molecule has 0 aliphatic heterocycles. The third kappa shape index (κ3) is 4.70. The second kappa shape index (κ2) is 7.74. The molecule has 0 saturated heterocycles. The van der Waals surface area contributed by atoms with E-state index in [0.29, 0.717) is 36.7 Å². The number of aliphatic carboxylic acids is 1. The Morgan fingerprint density at radius 3 is 2.91 bits per heavy atom. The van der Waals surface area contributed by atoms with Crippen LogP contribution in [0.2, 0.25) is 0 Å². The Kier molecular flexibility index (Phi) is 5.71. The summed E-state index contributed by atoms with van der Waals surface area (Å²) in [6.45, 7) is 2.26. The number of nitrogens with one attached hydrogen (secondary N) is 1. The van der Waals surface area contributed by atoms with Crippen molar-refractivity contribution in [3.63, 3.8) is 0 Å². The Morgan fingerprint density at radius 2 is 2.23 bits per heavy atom. The lowest BCUT2D eigenvalue weighted by molar-refractivity contribution is -0.137. The van der Waals surface area contributed by atoms with Crippen molar-refractivity contribution in [3.05, 3.63) is 29.0 Å². The zero-order valence-corrected chi connectivity index (χ0v) is 13.1. The van der Waals surface area contributed by atoms with Crippen LogP contribution in [-0.2, 0) is 16.0 Å². The zero-order chi connectivity index (χ0) is 15.9. The van der Waals surface area contributed by atoms with E-state index in [9.17, 15) is 9.59 Å². The minimum absolute atomic E-state index is 0.127. The third-order valence-electron chi connectivity index (χ3n) is 3.09. The fourth-order valence-electron chi connectivity index (χ4n) is 1.94. The number of hydrogen-bond donors (Lipinski definition) is 2. The zero-order valence-electron chi connectivity index (χ0n) is 12.3. The summed E-state index contributed by atoms with van der Waals surface area (Å²) < 4.78 is 5.58. The molecule has 0 aliphatic carbocycles. The highest BCUT2D eigenvalue weighted by Crippen LogP contribution is 2.25. The van der Waals surface area contributed by atoms with Crippen LogP contribution in [0.5, 0.6) is 0 Å². The number of carboxylic acids is 1. The fourth-order valence-corrected chi connectivity index (χ4v) is 2.59. The number of oxazole rings is 1. The van der Waals surface area contributed by atoms with Crippen LogP contribution in [0.25, 0.3) is 10.8 Å². The van der Waals surface area contributed by atoms with Gasteiger partial charge in [0.15, 0.2) is 0 Å². The topological polar surface area (TPSA) is 92.4 Å². The van der Waals surface area contributed by atoms with Crippen molar-refractivity contribution in [3.8, 4) is 10.8 Å². The van der Waals surface area contributed by atoms with Gasteiger partial charge >= 0.3 is 5.97 Å². The van der Waals surface area contributed by atoms with Crippen LogP contribution in [0.1, 0.15) is 30.7 Å². The lowest BCUT2D eigenvalue weighted by Crippen LogP contribution is -2.26. The summed E-state index contributed by atoms with van der Waals surface area (Å²) in [5, 5.41) is 13.2.